The maximum atomic E-state index is 13.0. The Bertz CT molecular complexity index is 1080. The number of methoxy groups -OCH3 is 1. The molecule has 3 unspecified atom stereocenters. The molecule has 3 atom stereocenters. The molecule has 2 aromatic carbocycles. The molecule has 1 aliphatic carbocycles. The molecule has 5 rings (SSSR count). The van der Waals surface area contributed by atoms with Crippen LogP contribution in [0.15, 0.2) is 54.5 Å². The Labute approximate surface area is 184 Å². The van der Waals surface area contributed by atoms with E-state index in [2.05, 4.69) is 0 Å². The quantitative estimate of drug-likeness (QED) is 0.654. The van der Waals surface area contributed by atoms with Gasteiger partial charge in [-0.3, -0.25) is 4.79 Å². The van der Waals surface area contributed by atoms with Crippen LogP contribution < -0.4 is 18.9 Å². The van der Waals surface area contributed by atoms with Crippen LogP contribution in [0.3, 0.4) is 0 Å². The number of carbonyl (C=O) groups excluding carboxylic acids is 2. The predicted octanol–water partition coefficient (Wildman–Crippen LogP) is 3.64. The molecule has 0 amide bonds. The Morgan fingerprint density at radius 1 is 1.03 bits per heavy atom. The van der Waals surface area contributed by atoms with Crippen molar-refractivity contribution in [3.63, 3.8) is 0 Å². The molecule has 2 aromatic rings. The maximum absolute atomic E-state index is 13.0. The number of ketones is 1. The lowest BCUT2D eigenvalue weighted by Crippen LogP contribution is -2.43. The number of ether oxygens (including phenoxy) is 6. The standard InChI is InChI=1S/C24H22O8/c1-27-17-4-2-3-5-19(17)32-22-12-28-20-11-15(7-8-16(20)23(22)25)31-24(26)14-6-9-18-21(10-14)30-13-29-18/h2-6,9-10,12,15-16,20H,7-8,11,13H2,1H3. The molecule has 8 nitrogen and oxygen atoms in total. The first-order valence-corrected chi connectivity index (χ1v) is 10.4. The molecule has 0 radical (unpaired) electrons. The Morgan fingerprint density at radius 3 is 2.69 bits per heavy atom. The summed E-state index contributed by atoms with van der Waals surface area (Å²) < 4.78 is 33.1. The lowest BCUT2D eigenvalue weighted by atomic mass is 9.80. The highest BCUT2D eigenvalue weighted by atomic mass is 16.7. The van der Waals surface area contributed by atoms with Crippen LogP contribution in [0, 0.1) is 5.92 Å². The minimum absolute atomic E-state index is 0.118. The highest BCUT2D eigenvalue weighted by Gasteiger charge is 2.42. The molecule has 32 heavy (non-hydrogen) atoms. The Morgan fingerprint density at radius 2 is 1.84 bits per heavy atom. The molecule has 166 valence electrons. The van der Waals surface area contributed by atoms with E-state index in [1.165, 1.54) is 13.4 Å². The zero-order chi connectivity index (χ0) is 22.1. The van der Waals surface area contributed by atoms with Gasteiger partial charge in [0.1, 0.15) is 18.5 Å². The fourth-order valence-corrected chi connectivity index (χ4v) is 4.18. The molecule has 2 aliphatic heterocycles. The lowest BCUT2D eigenvalue weighted by molar-refractivity contribution is -0.132. The molecule has 2 heterocycles. The Kier molecular flexibility index (Phi) is 5.34. The van der Waals surface area contributed by atoms with Crippen molar-refractivity contribution >= 4 is 11.8 Å². The van der Waals surface area contributed by atoms with E-state index in [1.807, 2.05) is 6.07 Å². The summed E-state index contributed by atoms with van der Waals surface area (Å²) >= 11 is 0. The van der Waals surface area contributed by atoms with Crippen molar-refractivity contribution in [1.29, 1.82) is 0 Å². The van der Waals surface area contributed by atoms with Crippen molar-refractivity contribution in [2.75, 3.05) is 13.9 Å². The topological polar surface area (TPSA) is 89.5 Å². The van der Waals surface area contributed by atoms with Gasteiger partial charge in [0.25, 0.3) is 0 Å². The zero-order valence-electron chi connectivity index (χ0n) is 17.4. The number of para-hydroxylation sites is 2. The van der Waals surface area contributed by atoms with Crippen LogP contribution in [0.5, 0.6) is 23.0 Å². The molecule has 0 bridgehead atoms. The first-order chi connectivity index (χ1) is 15.6. The predicted molar refractivity (Wildman–Crippen MR) is 111 cm³/mol. The molecule has 1 saturated carbocycles. The van der Waals surface area contributed by atoms with E-state index in [4.69, 9.17) is 28.4 Å². The van der Waals surface area contributed by atoms with Gasteiger partial charge in [-0.05, 0) is 43.2 Å². The third-order valence-electron chi connectivity index (χ3n) is 5.84. The van der Waals surface area contributed by atoms with Crippen molar-refractivity contribution in [1.82, 2.24) is 0 Å². The van der Waals surface area contributed by atoms with E-state index < -0.39 is 5.97 Å². The van der Waals surface area contributed by atoms with Crippen molar-refractivity contribution in [2.45, 2.75) is 31.5 Å². The summed E-state index contributed by atoms with van der Waals surface area (Å²) in [6.07, 6.45) is 2.18. The van der Waals surface area contributed by atoms with Crippen molar-refractivity contribution in [3.8, 4) is 23.0 Å². The monoisotopic (exact) mass is 438 g/mol. The van der Waals surface area contributed by atoms with E-state index in [1.54, 1.807) is 36.4 Å². The number of Topliss-reactive ketones (excluding diaryl/α,β-unsaturated/α-hetero) is 1. The van der Waals surface area contributed by atoms with E-state index in [0.29, 0.717) is 47.8 Å². The minimum atomic E-state index is -0.440. The SMILES string of the molecule is COc1ccccc1OC1=COC2CC(OC(=O)c3ccc4c(c3)OCO4)CCC2C1=O. The van der Waals surface area contributed by atoms with Crippen LogP contribution in [0.1, 0.15) is 29.6 Å². The number of rotatable bonds is 5. The van der Waals surface area contributed by atoms with Gasteiger partial charge in [-0.15, -0.1) is 0 Å². The number of hydrogen-bond donors (Lipinski definition) is 0. The average molecular weight is 438 g/mol. The smallest absolute Gasteiger partial charge is 0.338 e. The Balaban J connectivity index is 1.22. The van der Waals surface area contributed by atoms with Crippen LogP contribution in [-0.4, -0.2) is 37.9 Å². The van der Waals surface area contributed by atoms with Gasteiger partial charge in [-0.1, -0.05) is 12.1 Å². The minimum Gasteiger partial charge on any atom is -0.493 e. The van der Waals surface area contributed by atoms with Gasteiger partial charge < -0.3 is 28.4 Å². The van der Waals surface area contributed by atoms with Gasteiger partial charge in [-0.25, -0.2) is 4.79 Å². The second kappa shape index (κ2) is 8.45. The number of carbonyl (C=O) groups is 2. The molecule has 1 fully saturated rings. The maximum Gasteiger partial charge on any atom is 0.338 e. The summed E-state index contributed by atoms with van der Waals surface area (Å²) in [7, 11) is 1.54. The highest BCUT2D eigenvalue weighted by Crippen LogP contribution is 2.37. The molecular weight excluding hydrogens is 416 g/mol. The fraction of sp³-hybridized carbons (Fsp3) is 0.333. The lowest BCUT2D eigenvalue weighted by Gasteiger charge is -2.36. The van der Waals surface area contributed by atoms with Crippen LogP contribution in [0.2, 0.25) is 0 Å². The Hall–Kier alpha value is -3.68. The largest absolute Gasteiger partial charge is 0.493 e. The van der Waals surface area contributed by atoms with Gasteiger partial charge in [0.2, 0.25) is 18.3 Å². The third kappa shape index (κ3) is 3.84. The highest BCUT2D eigenvalue weighted by molar-refractivity contribution is 5.96. The van der Waals surface area contributed by atoms with Crippen LogP contribution >= 0.6 is 0 Å². The number of allylic oxidation sites excluding steroid dienone is 1. The van der Waals surface area contributed by atoms with E-state index >= 15 is 0 Å². The molecule has 0 spiro atoms. The van der Waals surface area contributed by atoms with Crippen LogP contribution in [-0.2, 0) is 14.3 Å². The zero-order valence-corrected chi connectivity index (χ0v) is 17.4. The van der Waals surface area contributed by atoms with Crippen LogP contribution in [0.4, 0.5) is 0 Å². The number of benzene rings is 2. The van der Waals surface area contributed by atoms with Gasteiger partial charge in [0.05, 0.1) is 18.6 Å². The first kappa shape index (κ1) is 20.2. The van der Waals surface area contributed by atoms with E-state index in [-0.39, 0.29) is 36.5 Å². The van der Waals surface area contributed by atoms with Gasteiger partial charge in [-0.2, -0.15) is 0 Å². The summed E-state index contributed by atoms with van der Waals surface area (Å²) in [5, 5.41) is 0. The molecular formula is C24H22O8. The first-order valence-electron chi connectivity index (χ1n) is 10.4. The molecule has 0 aromatic heterocycles. The second-order valence-corrected chi connectivity index (χ2v) is 7.79. The average Bonchev–Trinajstić information content (AvgIpc) is 3.29. The molecule has 0 saturated heterocycles. The summed E-state index contributed by atoms with van der Waals surface area (Å²) in [5.74, 6) is 1.35. The third-order valence-corrected chi connectivity index (χ3v) is 5.84. The summed E-state index contributed by atoms with van der Waals surface area (Å²) in [5.41, 5.74) is 0.393. The molecule has 3 aliphatic rings. The normalized spacial score (nSPS) is 23.5. The fourth-order valence-electron chi connectivity index (χ4n) is 4.18. The number of esters is 1. The van der Waals surface area contributed by atoms with Crippen molar-refractivity contribution < 1.29 is 38.0 Å². The van der Waals surface area contributed by atoms with Gasteiger partial charge >= 0.3 is 5.97 Å². The molecule has 8 heteroatoms. The summed E-state index contributed by atoms with van der Waals surface area (Å²) in [6, 6.07) is 12.1. The van der Waals surface area contributed by atoms with Gasteiger partial charge in [0.15, 0.2) is 23.0 Å². The van der Waals surface area contributed by atoms with Crippen molar-refractivity contribution in [2.24, 2.45) is 5.92 Å². The van der Waals surface area contributed by atoms with Crippen molar-refractivity contribution in [3.05, 3.63) is 60.0 Å². The summed E-state index contributed by atoms with van der Waals surface area (Å²) in [6.45, 7) is 0.140. The second-order valence-electron chi connectivity index (χ2n) is 7.79. The number of hydrogen-bond acceptors (Lipinski definition) is 8. The van der Waals surface area contributed by atoms with Crippen LogP contribution in [0.25, 0.3) is 0 Å². The summed E-state index contributed by atoms with van der Waals surface area (Å²) in [4.78, 5) is 25.6. The molecule has 0 N–H and O–H groups in total. The number of fused-ring (bicyclic) bond motifs is 2. The van der Waals surface area contributed by atoms with E-state index in [0.717, 1.165) is 0 Å². The van der Waals surface area contributed by atoms with Gasteiger partial charge in [0, 0.05) is 6.42 Å². The van der Waals surface area contributed by atoms with E-state index in [9.17, 15) is 9.59 Å².